The minimum absolute atomic E-state index is 0.0324. The van der Waals surface area contributed by atoms with Crippen LogP contribution in [0.5, 0.6) is 0 Å². The van der Waals surface area contributed by atoms with E-state index in [9.17, 15) is 19.5 Å². The number of hydrogen-bond acceptors (Lipinski definition) is 4. The zero-order valence-electron chi connectivity index (χ0n) is 17.9. The Morgan fingerprint density at radius 3 is 1.97 bits per heavy atom. The van der Waals surface area contributed by atoms with Crippen LogP contribution in [0.2, 0.25) is 5.02 Å². The monoisotopic (exact) mass is 449 g/mol. The summed E-state index contributed by atoms with van der Waals surface area (Å²) in [6, 6.07) is 17.6. The number of rotatable bonds is 5. The second kappa shape index (κ2) is 9.24. The van der Waals surface area contributed by atoms with Crippen molar-refractivity contribution in [3.63, 3.8) is 0 Å². The molecule has 0 aromatic heterocycles. The second-order valence-electron chi connectivity index (χ2n) is 8.26. The fourth-order valence-corrected chi connectivity index (χ4v) is 3.21. The summed E-state index contributed by atoms with van der Waals surface area (Å²) in [5.41, 5.74) is 1.95. The molecule has 0 unspecified atom stereocenters. The summed E-state index contributed by atoms with van der Waals surface area (Å²) in [5, 5.41) is 16.8. The van der Waals surface area contributed by atoms with Crippen molar-refractivity contribution < 1.29 is 19.5 Å². The van der Waals surface area contributed by atoms with E-state index >= 15 is 0 Å². The van der Waals surface area contributed by atoms with E-state index in [0.717, 1.165) is 5.56 Å². The largest absolute Gasteiger partial charge is 0.545 e. The van der Waals surface area contributed by atoms with Crippen molar-refractivity contribution in [2.45, 2.75) is 26.2 Å². The van der Waals surface area contributed by atoms with Gasteiger partial charge < -0.3 is 20.5 Å². The minimum Gasteiger partial charge on any atom is -0.545 e. The highest BCUT2D eigenvalue weighted by molar-refractivity contribution is 6.34. The van der Waals surface area contributed by atoms with E-state index in [2.05, 4.69) is 31.4 Å². The number of carbonyl (C=O) groups is 3. The van der Waals surface area contributed by atoms with Gasteiger partial charge in [0.05, 0.1) is 22.4 Å². The Morgan fingerprint density at radius 1 is 0.781 bits per heavy atom. The van der Waals surface area contributed by atoms with Gasteiger partial charge in [-0.05, 0) is 47.4 Å². The van der Waals surface area contributed by atoms with Gasteiger partial charge >= 0.3 is 0 Å². The molecule has 0 fully saturated rings. The van der Waals surface area contributed by atoms with Crippen LogP contribution < -0.4 is 15.7 Å². The molecule has 0 saturated heterocycles. The number of carboxylic acid groups (broad SMARTS) is 1. The number of para-hydroxylation sites is 1. The van der Waals surface area contributed by atoms with Gasteiger partial charge in [0.25, 0.3) is 11.8 Å². The molecule has 0 aliphatic rings. The number of amides is 2. The Bertz CT molecular complexity index is 1180. The van der Waals surface area contributed by atoms with Gasteiger partial charge in [0.15, 0.2) is 0 Å². The maximum absolute atomic E-state index is 12.7. The van der Waals surface area contributed by atoms with E-state index in [0.29, 0.717) is 5.56 Å². The van der Waals surface area contributed by atoms with Crippen molar-refractivity contribution >= 4 is 40.8 Å². The minimum atomic E-state index is -1.40. The summed E-state index contributed by atoms with van der Waals surface area (Å²) in [7, 11) is 0. The molecule has 6 nitrogen and oxygen atoms in total. The van der Waals surface area contributed by atoms with Gasteiger partial charge in [-0.1, -0.05) is 62.7 Å². The van der Waals surface area contributed by atoms with Crippen LogP contribution in [0, 0.1) is 0 Å². The Labute approximate surface area is 191 Å². The first kappa shape index (κ1) is 23.0. The second-order valence-corrected chi connectivity index (χ2v) is 8.67. The third kappa shape index (κ3) is 5.34. The fraction of sp³-hybridized carbons (Fsp3) is 0.160. The standard InChI is InChI=1S/C25H23ClN2O4/c1-25(2,3)17-11-8-15(9-12-17)22(29)28-21-14-16(10-13-19(21)26)23(30)27-20-7-5-4-6-18(20)24(31)32/h4-14H,1-3H3,(H,27,30)(H,28,29)(H,31,32)/p-1. The van der Waals surface area contributed by atoms with Crippen LogP contribution in [0.15, 0.2) is 66.7 Å². The lowest BCUT2D eigenvalue weighted by molar-refractivity contribution is -0.254. The van der Waals surface area contributed by atoms with Crippen LogP contribution in [0.25, 0.3) is 0 Å². The van der Waals surface area contributed by atoms with Gasteiger partial charge in [0, 0.05) is 16.7 Å². The number of anilines is 2. The highest BCUT2D eigenvalue weighted by Crippen LogP contribution is 2.26. The number of carbonyl (C=O) groups excluding carboxylic acids is 3. The molecule has 2 amide bonds. The first-order valence-electron chi connectivity index (χ1n) is 9.89. The van der Waals surface area contributed by atoms with Crippen molar-refractivity contribution in [3.8, 4) is 0 Å². The molecule has 2 N–H and O–H groups in total. The Hall–Kier alpha value is -3.64. The van der Waals surface area contributed by atoms with Crippen molar-refractivity contribution in [1.29, 1.82) is 0 Å². The molecule has 7 heteroatoms. The molecule has 3 aromatic carbocycles. The number of hydrogen-bond donors (Lipinski definition) is 2. The topological polar surface area (TPSA) is 98.3 Å². The zero-order valence-corrected chi connectivity index (χ0v) is 18.6. The van der Waals surface area contributed by atoms with Crippen molar-refractivity contribution in [2.24, 2.45) is 0 Å². The number of benzene rings is 3. The average Bonchev–Trinajstić information content (AvgIpc) is 2.75. The van der Waals surface area contributed by atoms with Gasteiger partial charge in [0.2, 0.25) is 0 Å². The van der Waals surface area contributed by atoms with Crippen LogP contribution in [0.3, 0.4) is 0 Å². The van der Waals surface area contributed by atoms with Gasteiger partial charge in [-0.2, -0.15) is 0 Å². The summed E-state index contributed by atoms with van der Waals surface area (Å²) < 4.78 is 0. The highest BCUT2D eigenvalue weighted by Gasteiger charge is 2.16. The van der Waals surface area contributed by atoms with Crippen LogP contribution in [0.1, 0.15) is 57.4 Å². The normalized spacial score (nSPS) is 11.0. The Balaban J connectivity index is 1.79. The smallest absolute Gasteiger partial charge is 0.255 e. The molecule has 0 aliphatic carbocycles. The van der Waals surface area contributed by atoms with E-state index < -0.39 is 11.9 Å². The molecule has 0 atom stereocenters. The Morgan fingerprint density at radius 2 is 1.34 bits per heavy atom. The summed E-state index contributed by atoms with van der Waals surface area (Å²) in [6.45, 7) is 6.26. The fourth-order valence-electron chi connectivity index (χ4n) is 3.04. The predicted molar refractivity (Wildman–Crippen MR) is 123 cm³/mol. The quantitative estimate of drug-likeness (QED) is 0.598. The van der Waals surface area contributed by atoms with Gasteiger partial charge in [0.1, 0.15) is 0 Å². The van der Waals surface area contributed by atoms with Crippen molar-refractivity contribution in [2.75, 3.05) is 10.6 Å². The van der Waals surface area contributed by atoms with E-state index in [1.807, 2.05) is 12.1 Å². The third-order valence-electron chi connectivity index (χ3n) is 4.89. The summed E-state index contributed by atoms with van der Waals surface area (Å²) >= 11 is 6.21. The summed E-state index contributed by atoms with van der Waals surface area (Å²) in [6.07, 6.45) is 0. The lowest BCUT2D eigenvalue weighted by Gasteiger charge is -2.19. The number of carboxylic acids is 1. The number of nitrogens with one attached hydrogen (secondary N) is 2. The molecule has 3 aromatic rings. The van der Waals surface area contributed by atoms with Crippen LogP contribution in [-0.2, 0) is 5.41 Å². The molecule has 0 bridgehead atoms. The maximum atomic E-state index is 12.7. The van der Waals surface area contributed by atoms with Crippen molar-refractivity contribution in [1.82, 2.24) is 0 Å². The van der Waals surface area contributed by atoms with E-state index in [4.69, 9.17) is 11.6 Å². The predicted octanol–water partition coefficient (Wildman–Crippen LogP) is 4.51. The van der Waals surface area contributed by atoms with Gasteiger partial charge in [-0.3, -0.25) is 9.59 Å². The lowest BCUT2D eigenvalue weighted by Crippen LogP contribution is -2.24. The van der Waals surface area contributed by atoms with Gasteiger partial charge in [-0.25, -0.2) is 0 Å². The van der Waals surface area contributed by atoms with Gasteiger partial charge in [-0.15, -0.1) is 0 Å². The number of halogens is 1. The first-order valence-corrected chi connectivity index (χ1v) is 10.3. The molecule has 0 heterocycles. The molecule has 0 aliphatic heterocycles. The molecule has 0 radical (unpaired) electrons. The summed E-state index contributed by atoms with van der Waals surface area (Å²) in [5.74, 6) is -2.32. The van der Waals surface area contributed by atoms with E-state index in [1.165, 1.54) is 36.4 Å². The molecule has 3 rings (SSSR count). The van der Waals surface area contributed by atoms with Crippen LogP contribution in [0.4, 0.5) is 11.4 Å². The molecule has 164 valence electrons. The van der Waals surface area contributed by atoms with E-state index in [1.54, 1.807) is 18.2 Å². The molecular formula is C25H22ClN2O4-. The van der Waals surface area contributed by atoms with Crippen LogP contribution in [-0.4, -0.2) is 17.8 Å². The average molecular weight is 450 g/mol. The maximum Gasteiger partial charge on any atom is 0.255 e. The third-order valence-corrected chi connectivity index (χ3v) is 5.21. The molecule has 0 saturated carbocycles. The number of aromatic carboxylic acids is 1. The SMILES string of the molecule is CC(C)(C)c1ccc(C(=O)Nc2cc(C(=O)Nc3ccccc3C(=O)[O-])ccc2Cl)cc1. The summed E-state index contributed by atoms with van der Waals surface area (Å²) in [4.78, 5) is 36.6. The first-order chi connectivity index (χ1) is 15.1. The molecule has 32 heavy (non-hydrogen) atoms. The van der Waals surface area contributed by atoms with Crippen molar-refractivity contribution in [3.05, 3.63) is 94.0 Å². The van der Waals surface area contributed by atoms with Crippen LogP contribution >= 0.6 is 11.6 Å². The molecule has 0 spiro atoms. The molecular weight excluding hydrogens is 428 g/mol. The zero-order chi connectivity index (χ0) is 23.5. The highest BCUT2D eigenvalue weighted by atomic mass is 35.5. The van der Waals surface area contributed by atoms with E-state index in [-0.39, 0.29) is 38.8 Å². The Kier molecular flexibility index (Phi) is 6.65. The lowest BCUT2D eigenvalue weighted by atomic mass is 9.87.